The number of aliphatic hydroxyl groups excluding tert-OH is 1. The summed E-state index contributed by atoms with van der Waals surface area (Å²) in [6, 6.07) is 1.54. The van der Waals surface area contributed by atoms with Crippen LogP contribution in [0.1, 0.15) is 38.0 Å². The third-order valence-corrected chi connectivity index (χ3v) is 6.17. The molecular formula is C12H19NO3S2. The van der Waals surface area contributed by atoms with Gasteiger partial charge in [-0.1, -0.05) is 20.3 Å². The molecule has 0 spiro atoms. The van der Waals surface area contributed by atoms with Crippen LogP contribution in [-0.4, -0.2) is 19.6 Å². The predicted molar refractivity (Wildman–Crippen MR) is 72.0 cm³/mol. The molecule has 1 aliphatic carbocycles. The molecule has 1 fully saturated rings. The van der Waals surface area contributed by atoms with Crippen molar-refractivity contribution in [2.45, 2.75) is 50.7 Å². The average molecular weight is 289 g/mol. The first-order valence-electron chi connectivity index (χ1n) is 6.06. The second-order valence-corrected chi connectivity index (χ2v) is 8.17. The lowest BCUT2D eigenvalue weighted by Crippen LogP contribution is -2.41. The van der Waals surface area contributed by atoms with E-state index in [0.717, 1.165) is 19.3 Å². The minimum atomic E-state index is -3.45. The summed E-state index contributed by atoms with van der Waals surface area (Å²) < 4.78 is 27.2. The van der Waals surface area contributed by atoms with Crippen LogP contribution in [0.4, 0.5) is 0 Å². The van der Waals surface area contributed by atoms with Gasteiger partial charge in [0.1, 0.15) is 0 Å². The van der Waals surface area contributed by atoms with Crippen molar-refractivity contribution in [3.05, 3.63) is 16.3 Å². The van der Waals surface area contributed by atoms with E-state index in [4.69, 9.17) is 5.11 Å². The zero-order valence-corrected chi connectivity index (χ0v) is 12.3. The number of nitrogens with one attached hydrogen (secondary N) is 1. The van der Waals surface area contributed by atoms with Crippen LogP contribution < -0.4 is 4.72 Å². The molecule has 0 bridgehead atoms. The second kappa shape index (κ2) is 4.92. The van der Waals surface area contributed by atoms with Crippen LogP contribution in [0.15, 0.2) is 16.3 Å². The van der Waals surface area contributed by atoms with E-state index in [-0.39, 0.29) is 23.0 Å². The Hall–Kier alpha value is -0.430. The van der Waals surface area contributed by atoms with Gasteiger partial charge in [0.25, 0.3) is 0 Å². The smallest absolute Gasteiger partial charge is 0.241 e. The van der Waals surface area contributed by atoms with E-state index in [1.54, 1.807) is 5.38 Å². The fourth-order valence-corrected chi connectivity index (χ4v) is 4.96. The number of hydrogen-bond donors (Lipinski definition) is 2. The Balaban J connectivity index is 2.17. The molecule has 102 valence electrons. The lowest BCUT2D eigenvalue weighted by atomic mass is 9.88. The van der Waals surface area contributed by atoms with Gasteiger partial charge in [0, 0.05) is 16.3 Å². The first-order valence-corrected chi connectivity index (χ1v) is 8.42. The first kappa shape index (κ1) is 14.0. The van der Waals surface area contributed by atoms with Gasteiger partial charge in [0.05, 0.1) is 11.5 Å². The molecule has 1 aromatic rings. The van der Waals surface area contributed by atoms with Crippen LogP contribution in [0.5, 0.6) is 0 Å². The number of sulfonamides is 1. The minimum absolute atomic E-state index is 0.0000217. The van der Waals surface area contributed by atoms with Crippen molar-refractivity contribution >= 4 is 21.4 Å². The molecule has 2 rings (SSSR count). The van der Waals surface area contributed by atoms with Crippen molar-refractivity contribution in [3.63, 3.8) is 0 Å². The van der Waals surface area contributed by atoms with Gasteiger partial charge in [-0.2, -0.15) is 0 Å². The van der Waals surface area contributed by atoms with Crippen LogP contribution in [0, 0.1) is 5.41 Å². The molecule has 6 heteroatoms. The van der Waals surface area contributed by atoms with E-state index >= 15 is 0 Å². The molecule has 18 heavy (non-hydrogen) atoms. The van der Waals surface area contributed by atoms with E-state index in [0.29, 0.717) is 4.88 Å². The van der Waals surface area contributed by atoms with Crippen molar-refractivity contribution in [3.8, 4) is 0 Å². The third kappa shape index (κ3) is 2.77. The molecular weight excluding hydrogens is 270 g/mol. The number of thiophene rings is 1. The van der Waals surface area contributed by atoms with E-state index in [9.17, 15) is 8.42 Å². The van der Waals surface area contributed by atoms with Gasteiger partial charge in [-0.3, -0.25) is 0 Å². The van der Waals surface area contributed by atoms with E-state index in [1.165, 1.54) is 17.4 Å². The average Bonchev–Trinajstić information content (AvgIpc) is 2.86. The topological polar surface area (TPSA) is 66.4 Å². The Labute approximate surface area is 112 Å². The maximum Gasteiger partial charge on any atom is 0.241 e. The van der Waals surface area contributed by atoms with Crippen LogP contribution in [0.2, 0.25) is 0 Å². The van der Waals surface area contributed by atoms with Gasteiger partial charge < -0.3 is 5.11 Å². The largest absolute Gasteiger partial charge is 0.391 e. The molecule has 4 nitrogen and oxygen atoms in total. The van der Waals surface area contributed by atoms with Crippen LogP contribution in [0.25, 0.3) is 0 Å². The van der Waals surface area contributed by atoms with E-state index in [1.807, 2.05) is 0 Å². The molecule has 0 radical (unpaired) electrons. The van der Waals surface area contributed by atoms with Crippen LogP contribution >= 0.6 is 11.3 Å². The molecule has 0 aliphatic heterocycles. The number of aliphatic hydroxyl groups is 1. The highest BCUT2D eigenvalue weighted by atomic mass is 32.2. The summed E-state index contributed by atoms with van der Waals surface area (Å²) in [5, 5.41) is 10.6. The Morgan fingerprint density at radius 3 is 2.78 bits per heavy atom. The quantitative estimate of drug-likeness (QED) is 0.892. The lowest BCUT2D eigenvalue weighted by Gasteiger charge is -2.27. The normalized spacial score (nSPS) is 23.4. The number of rotatable bonds is 4. The maximum atomic E-state index is 12.2. The van der Waals surface area contributed by atoms with Gasteiger partial charge >= 0.3 is 0 Å². The van der Waals surface area contributed by atoms with Gasteiger partial charge in [0.15, 0.2) is 0 Å². The summed E-state index contributed by atoms with van der Waals surface area (Å²) in [5.74, 6) is 0. The molecule has 1 saturated carbocycles. The zero-order valence-electron chi connectivity index (χ0n) is 10.6. The second-order valence-electron chi connectivity index (χ2n) is 5.46. The molecule has 1 heterocycles. The summed E-state index contributed by atoms with van der Waals surface area (Å²) in [6.45, 7) is 4.08. The Bertz CT molecular complexity index is 519. The fraction of sp³-hybridized carbons (Fsp3) is 0.667. The number of hydrogen-bond acceptors (Lipinski definition) is 4. The predicted octanol–water partition coefficient (Wildman–Crippen LogP) is 2.10. The Morgan fingerprint density at radius 1 is 1.56 bits per heavy atom. The molecule has 1 aliphatic rings. The fourth-order valence-electron chi connectivity index (χ4n) is 2.38. The molecule has 1 unspecified atom stereocenters. The third-order valence-electron chi connectivity index (χ3n) is 3.65. The first-order chi connectivity index (χ1) is 8.35. The Kier molecular flexibility index (Phi) is 3.82. The van der Waals surface area contributed by atoms with Crippen LogP contribution in [-0.2, 0) is 16.6 Å². The standard InChI is InChI=1S/C12H19NO3S2/c1-12(2)5-3-4-11(12)13-18(15,16)10-6-9(7-14)17-8-10/h6,8,11,13-14H,3-5,7H2,1-2H3. The summed E-state index contributed by atoms with van der Waals surface area (Å²) in [6.07, 6.45) is 3.00. The summed E-state index contributed by atoms with van der Waals surface area (Å²) >= 11 is 1.27. The van der Waals surface area contributed by atoms with Crippen molar-refractivity contribution in [2.24, 2.45) is 5.41 Å². The highest BCUT2D eigenvalue weighted by Crippen LogP contribution is 2.38. The molecule has 0 saturated heterocycles. The molecule has 1 aromatic heterocycles. The summed E-state index contributed by atoms with van der Waals surface area (Å²) in [4.78, 5) is 0.931. The highest BCUT2D eigenvalue weighted by Gasteiger charge is 2.37. The molecule has 0 aromatic carbocycles. The maximum absolute atomic E-state index is 12.2. The van der Waals surface area contributed by atoms with Crippen molar-refractivity contribution in [1.29, 1.82) is 0 Å². The van der Waals surface area contributed by atoms with Gasteiger partial charge in [0.2, 0.25) is 10.0 Å². The summed E-state index contributed by atoms with van der Waals surface area (Å²) in [7, 11) is -3.45. The summed E-state index contributed by atoms with van der Waals surface area (Å²) in [5.41, 5.74) is 0.0168. The SMILES string of the molecule is CC1(C)CCCC1NS(=O)(=O)c1csc(CO)c1. The van der Waals surface area contributed by atoms with Crippen LogP contribution in [0.3, 0.4) is 0 Å². The minimum Gasteiger partial charge on any atom is -0.391 e. The monoisotopic (exact) mass is 289 g/mol. The van der Waals surface area contributed by atoms with E-state index in [2.05, 4.69) is 18.6 Å². The molecule has 1 atom stereocenters. The molecule has 0 amide bonds. The van der Waals surface area contributed by atoms with Crippen molar-refractivity contribution in [2.75, 3.05) is 0 Å². The highest BCUT2D eigenvalue weighted by molar-refractivity contribution is 7.89. The lowest BCUT2D eigenvalue weighted by molar-refractivity contribution is 0.285. The zero-order chi connectivity index (χ0) is 13.4. The van der Waals surface area contributed by atoms with Gasteiger partial charge in [-0.25, -0.2) is 13.1 Å². The molecule has 2 N–H and O–H groups in total. The van der Waals surface area contributed by atoms with Crippen molar-refractivity contribution < 1.29 is 13.5 Å². The van der Waals surface area contributed by atoms with E-state index < -0.39 is 10.0 Å². The van der Waals surface area contributed by atoms with Gasteiger partial charge in [-0.15, -0.1) is 11.3 Å². The Morgan fingerprint density at radius 2 is 2.28 bits per heavy atom. The van der Waals surface area contributed by atoms with Crippen molar-refractivity contribution in [1.82, 2.24) is 4.72 Å². The van der Waals surface area contributed by atoms with Gasteiger partial charge in [-0.05, 0) is 24.3 Å².